The van der Waals surface area contributed by atoms with Crippen molar-refractivity contribution in [2.24, 2.45) is 0 Å². The fourth-order valence-corrected chi connectivity index (χ4v) is 1.19. The van der Waals surface area contributed by atoms with Gasteiger partial charge in [0.2, 0.25) is 0 Å². The number of furan rings is 1. The van der Waals surface area contributed by atoms with Gasteiger partial charge in [-0.25, -0.2) is 0 Å². The van der Waals surface area contributed by atoms with E-state index in [1.165, 1.54) is 0 Å². The third-order valence-electron chi connectivity index (χ3n) is 2.03. The summed E-state index contributed by atoms with van der Waals surface area (Å²) in [5.74, 6) is 1.82. The normalized spacial score (nSPS) is 14.4. The first-order chi connectivity index (χ1) is 6.38. The molecule has 0 spiro atoms. The van der Waals surface area contributed by atoms with Crippen molar-refractivity contribution in [1.29, 1.82) is 0 Å². The van der Waals surface area contributed by atoms with Gasteiger partial charge in [-0.05, 0) is 39.8 Å². The monoisotopic (exact) mass is 197 g/mol. The third-order valence-corrected chi connectivity index (χ3v) is 2.03. The molecule has 0 fully saturated rings. The quantitative estimate of drug-likeness (QED) is 0.776. The molecule has 1 aromatic rings. The molecule has 0 saturated heterocycles. The van der Waals surface area contributed by atoms with E-state index in [1.54, 1.807) is 13.8 Å². The van der Waals surface area contributed by atoms with Gasteiger partial charge in [0.15, 0.2) is 0 Å². The molecule has 0 unspecified atom stereocenters. The van der Waals surface area contributed by atoms with E-state index in [-0.39, 0.29) is 6.04 Å². The van der Waals surface area contributed by atoms with E-state index in [2.05, 4.69) is 5.32 Å². The van der Waals surface area contributed by atoms with Crippen LogP contribution in [0.4, 0.5) is 0 Å². The summed E-state index contributed by atoms with van der Waals surface area (Å²) in [6, 6.07) is 4.03. The van der Waals surface area contributed by atoms with Crippen LogP contribution in [-0.2, 0) is 0 Å². The van der Waals surface area contributed by atoms with Crippen LogP contribution in [-0.4, -0.2) is 17.3 Å². The van der Waals surface area contributed by atoms with Gasteiger partial charge in [0.1, 0.15) is 11.5 Å². The van der Waals surface area contributed by atoms with Gasteiger partial charge in [-0.2, -0.15) is 0 Å². The van der Waals surface area contributed by atoms with E-state index in [0.29, 0.717) is 6.54 Å². The molecule has 0 amide bonds. The van der Waals surface area contributed by atoms with Crippen LogP contribution >= 0.6 is 0 Å². The molecule has 0 aliphatic heterocycles. The fourth-order valence-electron chi connectivity index (χ4n) is 1.19. The lowest BCUT2D eigenvalue weighted by atomic mass is 10.1. The standard InChI is InChI=1S/C11H19NO2/c1-8-5-6-10(14-8)9(2)12-7-11(3,4)13/h5-6,9,12-13H,7H2,1-4H3/t9-/m1/s1. The van der Waals surface area contributed by atoms with E-state index in [4.69, 9.17) is 4.42 Å². The molecule has 0 aliphatic rings. The number of hydrogen-bond acceptors (Lipinski definition) is 3. The van der Waals surface area contributed by atoms with Crippen LogP contribution in [0.2, 0.25) is 0 Å². The SMILES string of the molecule is Cc1ccc([C@@H](C)NCC(C)(C)O)o1. The lowest BCUT2D eigenvalue weighted by Crippen LogP contribution is -2.35. The maximum absolute atomic E-state index is 9.53. The van der Waals surface area contributed by atoms with E-state index in [0.717, 1.165) is 11.5 Å². The molecule has 0 aromatic carbocycles. The van der Waals surface area contributed by atoms with Crippen molar-refractivity contribution in [2.45, 2.75) is 39.3 Å². The van der Waals surface area contributed by atoms with Crippen LogP contribution < -0.4 is 5.32 Å². The van der Waals surface area contributed by atoms with Gasteiger partial charge in [0, 0.05) is 6.54 Å². The summed E-state index contributed by atoms with van der Waals surface area (Å²) < 4.78 is 5.47. The first-order valence-corrected chi connectivity index (χ1v) is 4.90. The Labute approximate surface area is 85.1 Å². The first-order valence-electron chi connectivity index (χ1n) is 4.90. The summed E-state index contributed by atoms with van der Waals surface area (Å²) >= 11 is 0. The zero-order valence-electron chi connectivity index (χ0n) is 9.29. The minimum atomic E-state index is -0.685. The average Bonchev–Trinajstić information content (AvgIpc) is 2.46. The van der Waals surface area contributed by atoms with E-state index in [1.807, 2.05) is 26.0 Å². The lowest BCUT2D eigenvalue weighted by molar-refractivity contribution is 0.0762. The van der Waals surface area contributed by atoms with Gasteiger partial charge in [0.25, 0.3) is 0 Å². The third kappa shape index (κ3) is 3.52. The van der Waals surface area contributed by atoms with Gasteiger partial charge in [-0.3, -0.25) is 0 Å². The smallest absolute Gasteiger partial charge is 0.120 e. The van der Waals surface area contributed by atoms with Crippen LogP contribution in [0.15, 0.2) is 16.5 Å². The molecule has 1 heterocycles. The molecule has 0 bridgehead atoms. The Morgan fingerprint density at radius 3 is 2.57 bits per heavy atom. The Balaban J connectivity index is 2.47. The van der Waals surface area contributed by atoms with E-state index in [9.17, 15) is 5.11 Å². The van der Waals surface area contributed by atoms with Gasteiger partial charge in [-0.1, -0.05) is 0 Å². The highest BCUT2D eigenvalue weighted by Gasteiger charge is 2.15. The van der Waals surface area contributed by atoms with Crippen molar-refractivity contribution in [2.75, 3.05) is 6.54 Å². The lowest BCUT2D eigenvalue weighted by Gasteiger charge is -2.20. The Hall–Kier alpha value is -0.800. The second kappa shape index (κ2) is 4.15. The van der Waals surface area contributed by atoms with Gasteiger partial charge >= 0.3 is 0 Å². The summed E-state index contributed by atoms with van der Waals surface area (Å²) in [6.45, 7) is 8.05. The zero-order valence-corrected chi connectivity index (χ0v) is 9.29. The second-order valence-corrected chi connectivity index (χ2v) is 4.36. The van der Waals surface area contributed by atoms with Crippen molar-refractivity contribution in [3.05, 3.63) is 23.7 Å². The number of aliphatic hydroxyl groups is 1. The second-order valence-electron chi connectivity index (χ2n) is 4.36. The number of rotatable bonds is 4. The summed E-state index contributed by atoms with van der Waals surface area (Å²) in [7, 11) is 0. The van der Waals surface area contributed by atoms with Crippen molar-refractivity contribution >= 4 is 0 Å². The molecule has 2 N–H and O–H groups in total. The average molecular weight is 197 g/mol. The van der Waals surface area contributed by atoms with Crippen LogP contribution in [0.25, 0.3) is 0 Å². The Kier molecular flexibility index (Phi) is 3.34. The van der Waals surface area contributed by atoms with Crippen LogP contribution in [0.3, 0.4) is 0 Å². The maximum Gasteiger partial charge on any atom is 0.120 e. The Morgan fingerprint density at radius 2 is 2.14 bits per heavy atom. The summed E-state index contributed by atoms with van der Waals surface area (Å²) in [4.78, 5) is 0. The zero-order chi connectivity index (χ0) is 10.8. The Morgan fingerprint density at radius 1 is 1.50 bits per heavy atom. The molecular formula is C11H19NO2. The highest BCUT2D eigenvalue weighted by molar-refractivity contribution is 5.08. The van der Waals surface area contributed by atoms with Crippen molar-refractivity contribution < 1.29 is 9.52 Å². The highest BCUT2D eigenvalue weighted by atomic mass is 16.3. The molecule has 80 valence electrons. The molecule has 0 aliphatic carbocycles. The molecule has 3 nitrogen and oxygen atoms in total. The van der Waals surface area contributed by atoms with Crippen molar-refractivity contribution in [3.63, 3.8) is 0 Å². The van der Waals surface area contributed by atoms with Crippen LogP contribution in [0, 0.1) is 6.92 Å². The number of aryl methyl sites for hydroxylation is 1. The molecule has 1 aromatic heterocycles. The minimum Gasteiger partial charge on any atom is -0.465 e. The predicted octanol–water partition coefficient (Wildman–Crippen LogP) is 2.01. The van der Waals surface area contributed by atoms with Crippen LogP contribution in [0.1, 0.15) is 38.3 Å². The largest absolute Gasteiger partial charge is 0.465 e. The van der Waals surface area contributed by atoms with Crippen molar-refractivity contribution in [1.82, 2.24) is 5.32 Å². The highest BCUT2D eigenvalue weighted by Crippen LogP contribution is 2.15. The maximum atomic E-state index is 9.53. The molecule has 14 heavy (non-hydrogen) atoms. The van der Waals surface area contributed by atoms with Crippen LogP contribution in [0.5, 0.6) is 0 Å². The molecule has 0 radical (unpaired) electrons. The molecule has 3 heteroatoms. The molecule has 1 atom stereocenters. The van der Waals surface area contributed by atoms with Gasteiger partial charge < -0.3 is 14.8 Å². The number of hydrogen-bond donors (Lipinski definition) is 2. The van der Waals surface area contributed by atoms with Gasteiger partial charge in [0.05, 0.1) is 11.6 Å². The van der Waals surface area contributed by atoms with E-state index < -0.39 is 5.60 Å². The summed E-state index contributed by atoms with van der Waals surface area (Å²) in [6.07, 6.45) is 0. The summed E-state index contributed by atoms with van der Waals surface area (Å²) in [5, 5.41) is 12.7. The van der Waals surface area contributed by atoms with E-state index >= 15 is 0 Å². The Bertz CT molecular complexity index is 286. The topological polar surface area (TPSA) is 45.4 Å². The van der Waals surface area contributed by atoms with Gasteiger partial charge in [-0.15, -0.1) is 0 Å². The fraction of sp³-hybridized carbons (Fsp3) is 0.636. The van der Waals surface area contributed by atoms with Crippen molar-refractivity contribution in [3.8, 4) is 0 Å². The summed E-state index contributed by atoms with van der Waals surface area (Å²) in [5.41, 5.74) is -0.685. The predicted molar refractivity (Wildman–Crippen MR) is 56.2 cm³/mol. The minimum absolute atomic E-state index is 0.134. The first kappa shape index (κ1) is 11.3. The molecule has 0 saturated carbocycles. The molecule has 1 rings (SSSR count). The molecular weight excluding hydrogens is 178 g/mol. The number of nitrogens with one attached hydrogen (secondary N) is 1.